The average Bonchev–Trinajstić information content (AvgIpc) is 3.55. The Kier molecular flexibility index (Phi) is 11.8. The van der Waals surface area contributed by atoms with Crippen LogP contribution in [0.15, 0.2) is 36.4 Å². The lowest BCUT2D eigenvalue weighted by molar-refractivity contribution is -0.141. The standard InChI is InChI=1S/C31H39ClF3N5O6S/c1-29(2,3)45-27(42)38(7)13-14-39(28(43)46-30(4,5)6)18-20-15-21(25(32)47-20)40-22(16-24(37-40)31(33,34)35)26(41)36-17-19-11-9-10-12-23(19)44-8/h9-12,15-16H,13-14,17-18H2,1-8H3,(H,36,41). The zero-order valence-electron chi connectivity index (χ0n) is 27.5. The molecule has 0 radical (unpaired) electrons. The second-order valence-corrected chi connectivity index (χ2v) is 14.2. The van der Waals surface area contributed by atoms with Crippen LogP contribution in [0.25, 0.3) is 5.69 Å². The minimum atomic E-state index is -4.85. The van der Waals surface area contributed by atoms with Gasteiger partial charge in [-0.25, -0.2) is 14.3 Å². The molecule has 11 nitrogen and oxygen atoms in total. The zero-order chi connectivity index (χ0) is 35.3. The van der Waals surface area contributed by atoms with Gasteiger partial charge in [-0.15, -0.1) is 11.3 Å². The van der Waals surface area contributed by atoms with Gasteiger partial charge in [-0.05, 0) is 53.7 Å². The number of alkyl halides is 3. The fourth-order valence-corrected chi connectivity index (χ4v) is 5.36. The number of hydrogen-bond acceptors (Lipinski definition) is 8. The summed E-state index contributed by atoms with van der Waals surface area (Å²) in [6.45, 7) is 10.3. The first kappa shape index (κ1) is 37.5. The summed E-state index contributed by atoms with van der Waals surface area (Å²) in [4.78, 5) is 42.0. The van der Waals surface area contributed by atoms with Gasteiger partial charge in [0.2, 0.25) is 0 Å². The molecule has 0 atom stereocenters. The Hall–Kier alpha value is -3.98. The monoisotopic (exact) mass is 701 g/mol. The van der Waals surface area contributed by atoms with Crippen LogP contribution in [0.3, 0.4) is 0 Å². The maximum Gasteiger partial charge on any atom is 0.435 e. The van der Waals surface area contributed by atoms with Crippen LogP contribution >= 0.6 is 22.9 Å². The molecule has 2 heterocycles. The molecular weight excluding hydrogens is 663 g/mol. The van der Waals surface area contributed by atoms with Gasteiger partial charge in [0.1, 0.15) is 27.0 Å². The van der Waals surface area contributed by atoms with Crippen LogP contribution in [0.1, 0.15) is 68.2 Å². The fourth-order valence-electron chi connectivity index (χ4n) is 4.06. The predicted octanol–water partition coefficient (Wildman–Crippen LogP) is 7.15. The largest absolute Gasteiger partial charge is 0.496 e. The fraction of sp³-hybridized carbons (Fsp3) is 0.484. The Morgan fingerprint density at radius 3 is 2.19 bits per heavy atom. The van der Waals surface area contributed by atoms with Crippen molar-refractivity contribution >= 4 is 41.0 Å². The minimum Gasteiger partial charge on any atom is -0.496 e. The quantitative estimate of drug-likeness (QED) is 0.239. The third-order valence-corrected chi connectivity index (χ3v) is 7.54. The SMILES string of the molecule is COc1ccccc1CNC(=O)c1cc(C(F)(F)F)nn1-c1cc(CN(CCN(C)C(=O)OC(C)(C)C)C(=O)OC(C)(C)C)sc1Cl. The van der Waals surface area contributed by atoms with Crippen LogP contribution in [0.2, 0.25) is 4.34 Å². The van der Waals surface area contributed by atoms with Crippen molar-refractivity contribution in [1.82, 2.24) is 24.9 Å². The van der Waals surface area contributed by atoms with Crippen molar-refractivity contribution in [3.05, 3.63) is 62.6 Å². The lowest BCUT2D eigenvalue weighted by Crippen LogP contribution is -2.42. The smallest absolute Gasteiger partial charge is 0.435 e. The lowest BCUT2D eigenvalue weighted by atomic mass is 10.2. The van der Waals surface area contributed by atoms with Crippen LogP contribution in [-0.2, 0) is 28.7 Å². The first-order valence-electron chi connectivity index (χ1n) is 14.5. The average molecular weight is 702 g/mol. The number of likely N-dealkylation sites (N-methyl/N-ethyl adjacent to an activating group) is 1. The van der Waals surface area contributed by atoms with E-state index in [0.717, 1.165) is 16.0 Å². The Morgan fingerprint density at radius 1 is 0.979 bits per heavy atom. The normalized spacial score (nSPS) is 12.0. The zero-order valence-corrected chi connectivity index (χ0v) is 29.0. The Balaban J connectivity index is 1.90. The van der Waals surface area contributed by atoms with Crippen molar-refractivity contribution in [1.29, 1.82) is 0 Å². The molecule has 0 saturated carbocycles. The van der Waals surface area contributed by atoms with E-state index < -0.39 is 46.9 Å². The number of ether oxygens (including phenoxy) is 3. The van der Waals surface area contributed by atoms with Gasteiger partial charge in [0.25, 0.3) is 5.91 Å². The van der Waals surface area contributed by atoms with Crippen LogP contribution in [0, 0.1) is 0 Å². The van der Waals surface area contributed by atoms with E-state index in [4.69, 9.17) is 25.8 Å². The highest BCUT2D eigenvalue weighted by Gasteiger charge is 2.37. The van der Waals surface area contributed by atoms with Gasteiger partial charge < -0.3 is 29.3 Å². The van der Waals surface area contributed by atoms with Crippen LogP contribution in [0.4, 0.5) is 22.8 Å². The van der Waals surface area contributed by atoms with Crippen LogP contribution in [-0.4, -0.2) is 76.1 Å². The number of hydrogen-bond donors (Lipinski definition) is 1. The van der Waals surface area contributed by atoms with Crippen molar-refractivity contribution in [2.45, 2.75) is 72.0 Å². The number of benzene rings is 1. The Labute approximate surface area is 280 Å². The summed E-state index contributed by atoms with van der Waals surface area (Å²) < 4.78 is 58.4. The summed E-state index contributed by atoms with van der Waals surface area (Å²) in [7, 11) is 2.99. The van der Waals surface area contributed by atoms with Crippen molar-refractivity contribution in [3.8, 4) is 11.4 Å². The summed E-state index contributed by atoms with van der Waals surface area (Å²) in [5.41, 5.74) is -2.62. The number of methoxy groups -OCH3 is 1. The van der Waals surface area contributed by atoms with E-state index in [2.05, 4.69) is 10.4 Å². The van der Waals surface area contributed by atoms with Gasteiger partial charge in [-0.2, -0.15) is 18.3 Å². The van der Waals surface area contributed by atoms with E-state index in [0.29, 0.717) is 22.3 Å². The summed E-state index contributed by atoms with van der Waals surface area (Å²) in [6.07, 6.45) is -6.11. The van der Waals surface area contributed by atoms with E-state index in [1.54, 1.807) is 65.8 Å². The first-order chi connectivity index (χ1) is 21.7. The summed E-state index contributed by atoms with van der Waals surface area (Å²) in [6, 6.07) is 8.97. The van der Waals surface area contributed by atoms with Crippen molar-refractivity contribution < 1.29 is 41.8 Å². The third-order valence-electron chi connectivity index (χ3n) is 6.22. The molecule has 2 aromatic heterocycles. The van der Waals surface area contributed by atoms with E-state index >= 15 is 0 Å². The van der Waals surface area contributed by atoms with Gasteiger partial charge in [-0.3, -0.25) is 4.79 Å². The number of para-hydroxylation sites is 1. The molecule has 0 unspecified atom stereocenters. The molecule has 0 aliphatic heterocycles. The Morgan fingerprint density at radius 2 is 1.60 bits per heavy atom. The molecule has 0 bridgehead atoms. The number of halogens is 4. The molecular formula is C31H39ClF3N5O6S. The number of nitrogens with zero attached hydrogens (tertiary/aromatic N) is 4. The summed E-state index contributed by atoms with van der Waals surface area (Å²) in [5, 5.41) is 6.28. The van der Waals surface area contributed by atoms with Gasteiger partial charge in [0.05, 0.1) is 19.3 Å². The molecule has 47 heavy (non-hydrogen) atoms. The highest BCUT2D eigenvalue weighted by Crippen LogP contribution is 2.35. The number of carbonyl (C=O) groups is 3. The van der Waals surface area contributed by atoms with E-state index in [-0.39, 0.29) is 36.2 Å². The molecule has 16 heteroatoms. The summed E-state index contributed by atoms with van der Waals surface area (Å²) >= 11 is 7.51. The second kappa shape index (κ2) is 14.8. The predicted molar refractivity (Wildman–Crippen MR) is 171 cm³/mol. The Bertz CT molecular complexity index is 1580. The van der Waals surface area contributed by atoms with Gasteiger partial charge in [0.15, 0.2) is 5.69 Å². The van der Waals surface area contributed by atoms with E-state index in [1.165, 1.54) is 30.0 Å². The molecule has 0 fully saturated rings. The lowest BCUT2D eigenvalue weighted by Gasteiger charge is -2.29. The van der Waals surface area contributed by atoms with Crippen molar-refractivity contribution in [2.24, 2.45) is 0 Å². The molecule has 0 saturated heterocycles. The van der Waals surface area contributed by atoms with Gasteiger partial charge >= 0.3 is 18.4 Å². The molecule has 3 amide bonds. The van der Waals surface area contributed by atoms with Crippen molar-refractivity contribution in [3.63, 3.8) is 0 Å². The summed E-state index contributed by atoms with van der Waals surface area (Å²) in [5.74, 6) is -0.335. The molecule has 1 N–H and O–H groups in total. The van der Waals surface area contributed by atoms with Crippen LogP contribution in [0.5, 0.6) is 5.75 Å². The maximum atomic E-state index is 13.8. The molecule has 1 aromatic carbocycles. The van der Waals surface area contributed by atoms with Crippen LogP contribution < -0.4 is 10.1 Å². The van der Waals surface area contributed by atoms with Gasteiger partial charge in [0, 0.05) is 43.2 Å². The van der Waals surface area contributed by atoms with E-state index in [1.807, 2.05) is 0 Å². The number of aromatic nitrogens is 2. The third kappa shape index (κ3) is 10.8. The number of nitrogens with one attached hydrogen (secondary N) is 1. The number of amides is 3. The van der Waals surface area contributed by atoms with E-state index in [9.17, 15) is 27.6 Å². The number of rotatable bonds is 10. The maximum absolute atomic E-state index is 13.8. The number of thiophene rings is 1. The molecule has 3 rings (SSSR count). The minimum absolute atomic E-state index is 0.0135. The highest BCUT2D eigenvalue weighted by atomic mass is 35.5. The second-order valence-electron chi connectivity index (χ2n) is 12.5. The van der Waals surface area contributed by atoms with Crippen molar-refractivity contribution in [2.75, 3.05) is 27.2 Å². The molecule has 3 aromatic rings. The topological polar surface area (TPSA) is 115 Å². The first-order valence-corrected chi connectivity index (χ1v) is 15.7. The molecule has 0 aliphatic rings. The number of carbonyl (C=O) groups excluding carboxylic acids is 3. The molecule has 0 spiro atoms. The van der Waals surface area contributed by atoms with Gasteiger partial charge in [-0.1, -0.05) is 29.8 Å². The molecule has 258 valence electrons. The highest BCUT2D eigenvalue weighted by molar-refractivity contribution is 7.16. The molecule has 0 aliphatic carbocycles.